The SMILES string of the molecule is CN(C)c1ncc(-c2ccc(C(N)=O)cc2)c(C2CCCN(C(=O)CC3CCCCC3)C2)n1. The second-order valence-electron chi connectivity index (χ2n) is 9.69. The van der Waals surface area contributed by atoms with Gasteiger partial charge in [-0.1, -0.05) is 31.4 Å². The first-order chi connectivity index (χ1) is 15.9. The van der Waals surface area contributed by atoms with Crippen LogP contribution in [-0.4, -0.2) is 53.9 Å². The number of hydrogen-bond acceptors (Lipinski definition) is 5. The third-order valence-electron chi connectivity index (χ3n) is 7.03. The molecular weight excluding hydrogens is 414 g/mol. The highest BCUT2D eigenvalue weighted by Crippen LogP contribution is 2.35. The molecule has 2 aliphatic rings. The molecule has 2 heterocycles. The van der Waals surface area contributed by atoms with Crippen LogP contribution in [0.25, 0.3) is 11.1 Å². The minimum Gasteiger partial charge on any atom is -0.366 e. The van der Waals surface area contributed by atoms with Gasteiger partial charge < -0.3 is 15.5 Å². The van der Waals surface area contributed by atoms with Gasteiger partial charge in [0.1, 0.15) is 0 Å². The Labute approximate surface area is 196 Å². The van der Waals surface area contributed by atoms with Gasteiger partial charge >= 0.3 is 0 Å². The van der Waals surface area contributed by atoms with Crippen molar-refractivity contribution in [3.63, 3.8) is 0 Å². The molecule has 1 aromatic heterocycles. The zero-order valence-electron chi connectivity index (χ0n) is 19.8. The fourth-order valence-electron chi connectivity index (χ4n) is 5.14. The van der Waals surface area contributed by atoms with E-state index in [4.69, 9.17) is 10.7 Å². The fourth-order valence-corrected chi connectivity index (χ4v) is 5.14. The maximum absolute atomic E-state index is 13.1. The van der Waals surface area contributed by atoms with Crippen molar-refractivity contribution in [2.24, 2.45) is 11.7 Å². The molecule has 0 spiro atoms. The second kappa shape index (κ2) is 10.3. The van der Waals surface area contributed by atoms with Gasteiger partial charge in [0.2, 0.25) is 17.8 Å². The minimum absolute atomic E-state index is 0.154. The van der Waals surface area contributed by atoms with Gasteiger partial charge in [0.15, 0.2) is 0 Å². The third kappa shape index (κ3) is 5.52. The number of aromatic nitrogens is 2. The topological polar surface area (TPSA) is 92.4 Å². The molecule has 7 nitrogen and oxygen atoms in total. The Bertz CT molecular complexity index is 983. The van der Waals surface area contributed by atoms with Crippen molar-refractivity contribution < 1.29 is 9.59 Å². The van der Waals surface area contributed by atoms with E-state index >= 15 is 0 Å². The fraction of sp³-hybridized carbons (Fsp3) is 0.538. The molecule has 0 radical (unpaired) electrons. The van der Waals surface area contributed by atoms with E-state index in [9.17, 15) is 9.59 Å². The van der Waals surface area contributed by atoms with Crippen LogP contribution in [-0.2, 0) is 4.79 Å². The average Bonchev–Trinajstić information content (AvgIpc) is 2.84. The largest absolute Gasteiger partial charge is 0.366 e. The van der Waals surface area contributed by atoms with Crippen molar-refractivity contribution >= 4 is 17.8 Å². The van der Waals surface area contributed by atoms with Crippen LogP contribution in [0.5, 0.6) is 0 Å². The standard InChI is InChI=1S/C26H35N5O2/c1-30(2)26-28-16-22(19-10-12-20(13-11-19)25(27)33)24(29-26)21-9-6-14-31(17-21)23(32)15-18-7-4-3-5-8-18/h10-13,16,18,21H,3-9,14-15,17H2,1-2H3,(H2,27,33). The lowest BCUT2D eigenvalue weighted by atomic mass is 9.86. The summed E-state index contributed by atoms with van der Waals surface area (Å²) in [5.41, 5.74) is 8.75. The number of rotatable bonds is 6. The normalized spacial score (nSPS) is 19.3. The molecule has 1 aromatic carbocycles. The lowest BCUT2D eigenvalue weighted by Crippen LogP contribution is -2.40. The molecule has 0 bridgehead atoms. The van der Waals surface area contributed by atoms with Crippen molar-refractivity contribution in [2.75, 3.05) is 32.1 Å². The average molecular weight is 450 g/mol. The molecule has 7 heteroatoms. The summed E-state index contributed by atoms with van der Waals surface area (Å²) in [4.78, 5) is 38.0. The summed E-state index contributed by atoms with van der Waals surface area (Å²) in [5.74, 6) is 1.21. The number of primary amides is 1. The lowest BCUT2D eigenvalue weighted by molar-refractivity contribution is -0.133. The number of benzene rings is 1. The van der Waals surface area contributed by atoms with Crippen LogP contribution in [0.15, 0.2) is 30.5 Å². The highest BCUT2D eigenvalue weighted by molar-refractivity contribution is 5.93. The van der Waals surface area contributed by atoms with Crippen molar-refractivity contribution in [1.82, 2.24) is 14.9 Å². The van der Waals surface area contributed by atoms with Gasteiger partial charge in [0.25, 0.3) is 0 Å². The van der Waals surface area contributed by atoms with Gasteiger partial charge in [-0.3, -0.25) is 9.59 Å². The van der Waals surface area contributed by atoms with Gasteiger partial charge in [-0.05, 0) is 49.3 Å². The Balaban J connectivity index is 1.58. The van der Waals surface area contributed by atoms with Crippen LogP contribution in [0.4, 0.5) is 5.95 Å². The number of hydrogen-bond donors (Lipinski definition) is 1. The first-order valence-corrected chi connectivity index (χ1v) is 12.1. The monoisotopic (exact) mass is 449 g/mol. The number of carbonyl (C=O) groups excluding carboxylic acids is 2. The molecule has 1 aliphatic carbocycles. The van der Waals surface area contributed by atoms with E-state index in [-0.39, 0.29) is 5.92 Å². The first-order valence-electron chi connectivity index (χ1n) is 12.1. The van der Waals surface area contributed by atoms with E-state index in [1.165, 1.54) is 32.1 Å². The number of amides is 2. The summed E-state index contributed by atoms with van der Waals surface area (Å²) in [6.07, 6.45) is 10.7. The van der Waals surface area contributed by atoms with E-state index in [0.717, 1.165) is 36.2 Å². The first kappa shape index (κ1) is 23.2. The van der Waals surface area contributed by atoms with Crippen LogP contribution in [0, 0.1) is 5.92 Å². The summed E-state index contributed by atoms with van der Waals surface area (Å²) in [6, 6.07) is 7.27. The van der Waals surface area contributed by atoms with Crippen LogP contribution in [0.1, 0.15) is 73.3 Å². The summed E-state index contributed by atoms with van der Waals surface area (Å²) >= 11 is 0. The van der Waals surface area contributed by atoms with Gasteiger partial charge in [-0.15, -0.1) is 0 Å². The molecule has 1 unspecified atom stereocenters. The molecule has 4 rings (SSSR count). The van der Waals surface area contributed by atoms with Crippen molar-refractivity contribution in [3.05, 3.63) is 41.7 Å². The highest BCUT2D eigenvalue weighted by Gasteiger charge is 2.29. The molecule has 33 heavy (non-hydrogen) atoms. The number of nitrogens with two attached hydrogens (primary N) is 1. The second-order valence-corrected chi connectivity index (χ2v) is 9.69. The third-order valence-corrected chi connectivity index (χ3v) is 7.03. The van der Waals surface area contributed by atoms with Crippen LogP contribution in [0.2, 0.25) is 0 Å². The molecule has 1 atom stereocenters. The molecule has 2 N–H and O–H groups in total. The van der Waals surface area contributed by atoms with E-state index in [0.29, 0.717) is 36.3 Å². The van der Waals surface area contributed by atoms with Crippen LogP contribution >= 0.6 is 0 Å². The summed E-state index contributed by atoms with van der Waals surface area (Å²) < 4.78 is 0. The molecular formula is C26H35N5O2. The number of piperidine rings is 1. The molecule has 2 fully saturated rings. The number of carbonyl (C=O) groups is 2. The Hall–Kier alpha value is -2.96. The van der Waals surface area contributed by atoms with E-state index < -0.39 is 5.91 Å². The Morgan fingerprint density at radius 1 is 1.06 bits per heavy atom. The summed E-state index contributed by atoms with van der Waals surface area (Å²) in [5, 5.41) is 0. The zero-order chi connectivity index (χ0) is 23.4. The van der Waals surface area contributed by atoms with Crippen LogP contribution in [0.3, 0.4) is 0 Å². The summed E-state index contributed by atoms with van der Waals surface area (Å²) in [7, 11) is 3.86. The predicted octanol–water partition coefficient (Wildman–Crippen LogP) is 3.98. The van der Waals surface area contributed by atoms with Gasteiger partial charge in [0, 0.05) is 56.8 Å². The molecule has 176 valence electrons. The number of likely N-dealkylation sites (tertiary alicyclic amines) is 1. The molecule has 1 saturated heterocycles. The Morgan fingerprint density at radius 2 is 1.79 bits per heavy atom. The smallest absolute Gasteiger partial charge is 0.248 e. The number of anilines is 1. The molecule has 1 aliphatic heterocycles. The van der Waals surface area contributed by atoms with E-state index in [1.807, 2.05) is 37.3 Å². The Kier molecular flexibility index (Phi) is 7.26. The van der Waals surface area contributed by atoms with Gasteiger partial charge in [0.05, 0.1) is 5.69 Å². The molecule has 2 aromatic rings. The maximum Gasteiger partial charge on any atom is 0.248 e. The van der Waals surface area contributed by atoms with E-state index in [2.05, 4.69) is 9.88 Å². The summed E-state index contributed by atoms with van der Waals surface area (Å²) in [6.45, 7) is 1.53. The minimum atomic E-state index is -0.444. The molecule has 1 saturated carbocycles. The zero-order valence-corrected chi connectivity index (χ0v) is 19.8. The van der Waals surface area contributed by atoms with Crippen molar-refractivity contribution in [3.8, 4) is 11.1 Å². The van der Waals surface area contributed by atoms with Crippen molar-refractivity contribution in [2.45, 2.75) is 57.3 Å². The quantitative estimate of drug-likeness (QED) is 0.720. The molecule has 2 amide bonds. The van der Waals surface area contributed by atoms with Crippen LogP contribution < -0.4 is 10.6 Å². The predicted molar refractivity (Wildman–Crippen MR) is 130 cm³/mol. The number of nitrogens with zero attached hydrogens (tertiary/aromatic N) is 4. The lowest BCUT2D eigenvalue weighted by Gasteiger charge is -2.34. The maximum atomic E-state index is 13.1. The van der Waals surface area contributed by atoms with E-state index in [1.54, 1.807) is 12.1 Å². The highest BCUT2D eigenvalue weighted by atomic mass is 16.2. The Morgan fingerprint density at radius 3 is 2.45 bits per heavy atom. The van der Waals surface area contributed by atoms with Gasteiger partial charge in [-0.2, -0.15) is 0 Å². The van der Waals surface area contributed by atoms with Gasteiger partial charge in [-0.25, -0.2) is 9.97 Å². The van der Waals surface area contributed by atoms with Crippen molar-refractivity contribution in [1.29, 1.82) is 0 Å².